The third-order valence-corrected chi connectivity index (χ3v) is 15.3. The molecule has 86 heavy (non-hydrogen) atoms. The molecule has 0 rings (SSSR count). The van der Waals surface area contributed by atoms with Crippen LogP contribution in [0.25, 0.3) is 0 Å². The molecule has 0 amide bonds. The molecule has 5 nitrogen and oxygen atoms in total. The molecule has 0 aromatic carbocycles. The Labute approximate surface area is 532 Å². The number of carbonyl (C=O) groups excluding carboxylic acids is 2. The van der Waals surface area contributed by atoms with Gasteiger partial charge in [0.25, 0.3) is 0 Å². The molecule has 0 aliphatic heterocycles. The molecule has 5 heteroatoms. The predicted octanol–water partition coefficient (Wildman–Crippen LogP) is 25.4. The SMILES string of the molecule is CC/C=C\C/C=C\C/C=C\C/C=C\C/C=C\C/C=C\C/C=C\CCCCCCCCCCCCCCCC(=O)OC(CO)COC(=O)CCCCCCCCCCCCCCCCCCCC/C=C\C/C=C\C/C=C\C/C=C\C/C=C\C/C=C\CC. The van der Waals surface area contributed by atoms with E-state index in [9.17, 15) is 14.7 Å². The maximum Gasteiger partial charge on any atom is 0.306 e. The van der Waals surface area contributed by atoms with Gasteiger partial charge in [-0.2, -0.15) is 0 Å². The minimum atomic E-state index is -0.782. The van der Waals surface area contributed by atoms with Crippen LogP contribution in [0.15, 0.2) is 158 Å². The zero-order valence-corrected chi connectivity index (χ0v) is 56.0. The van der Waals surface area contributed by atoms with E-state index >= 15 is 0 Å². The lowest BCUT2D eigenvalue weighted by atomic mass is 10.0. The van der Waals surface area contributed by atoms with Gasteiger partial charge in [0.2, 0.25) is 0 Å². The molecule has 0 heterocycles. The molecule has 0 aliphatic rings. The third-order valence-electron chi connectivity index (χ3n) is 15.3. The average molecular weight is 1190 g/mol. The quantitative estimate of drug-likeness (QED) is 0.0373. The van der Waals surface area contributed by atoms with Gasteiger partial charge in [-0.15, -0.1) is 0 Å². The molecule has 0 aliphatic carbocycles. The molecule has 0 saturated heterocycles. The fraction of sp³-hybridized carbons (Fsp3) is 0.654. The second-order valence-corrected chi connectivity index (χ2v) is 23.6. The minimum Gasteiger partial charge on any atom is -0.462 e. The number of aliphatic hydroxyl groups excluding tert-OH is 1. The van der Waals surface area contributed by atoms with Crippen LogP contribution in [0.1, 0.15) is 322 Å². The lowest BCUT2D eigenvalue weighted by molar-refractivity contribution is -0.161. The van der Waals surface area contributed by atoms with Crippen LogP contribution >= 0.6 is 0 Å². The van der Waals surface area contributed by atoms with Crippen molar-refractivity contribution in [3.05, 3.63) is 158 Å². The van der Waals surface area contributed by atoms with E-state index in [4.69, 9.17) is 9.47 Å². The molecule has 1 unspecified atom stereocenters. The Morgan fingerprint density at radius 2 is 0.465 bits per heavy atom. The van der Waals surface area contributed by atoms with Crippen LogP contribution in [0.3, 0.4) is 0 Å². The van der Waals surface area contributed by atoms with Crippen molar-refractivity contribution in [3.63, 3.8) is 0 Å². The van der Waals surface area contributed by atoms with E-state index in [2.05, 4.69) is 172 Å². The van der Waals surface area contributed by atoms with Gasteiger partial charge in [0.15, 0.2) is 6.10 Å². The largest absolute Gasteiger partial charge is 0.462 e. The van der Waals surface area contributed by atoms with Gasteiger partial charge in [0.05, 0.1) is 6.61 Å². The highest BCUT2D eigenvalue weighted by Gasteiger charge is 2.16. The first-order valence-corrected chi connectivity index (χ1v) is 36.0. The molecule has 0 aromatic heterocycles. The van der Waals surface area contributed by atoms with E-state index in [1.807, 2.05) is 0 Å². The van der Waals surface area contributed by atoms with Gasteiger partial charge >= 0.3 is 11.9 Å². The van der Waals surface area contributed by atoms with Crippen molar-refractivity contribution in [2.75, 3.05) is 13.2 Å². The van der Waals surface area contributed by atoms with Gasteiger partial charge in [-0.25, -0.2) is 0 Å². The standard InChI is InChI=1S/C81H134O5/c1-3-5-7-9-11-13-15-17-19-21-23-25-27-29-31-33-35-37-39-40-42-43-45-47-49-51-53-55-57-59-61-63-65-67-69-71-73-75-80(83)85-78-79(77-82)86-81(84)76-74-72-70-68-66-64-62-60-58-56-54-52-50-48-46-44-41-38-36-34-32-30-28-26-24-22-20-18-16-14-12-10-8-6-4-2/h5-8,11-14,17-20,23-26,29-32,35-38,44,46,79,82H,3-4,9-10,15-16,21-22,27-28,33-34,39-43,45,47-78H2,1-2H3/b7-5-,8-6-,13-11-,14-12-,19-17-,20-18-,25-23-,26-24-,31-29-,32-30-,37-35-,38-36-,46-44-. The average Bonchev–Trinajstić information content (AvgIpc) is 3.55. The number of unbranched alkanes of at least 4 members (excludes halogenated alkanes) is 31. The molecule has 0 fully saturated rings. The van der Waals surface area contributed by atoms with Crippen molar-refractivity contribution < 1.29 is 24.2 Å². The third kappa shape index (κ3) is 72.0. The van der Waals surface area contributed by atoms with Crippen LogP contribution in [-0.2, 0) is 19.1 Å². The van der Waals surface area contributed by atoms with Crippen molar-refractivity contribution >= 4 is 11.9 Å². The molecule has 0 spiro atoms. The number of carbonyl (C=O) groups is 2. The Morgan fingerprint density at radius 1 is 0.267 bits per heavy atom. The number of ether oxygens (including phenoxy) is 2. The topological polar surface area (TPSA) is 72.8 Å². The number of allylic oxidation sites excluding steroid dienone is 26. The highest BCUT2D eigenvalue weighted by molar-refractivity contribution is 5.70. The first kappa shape index (κ1) is 81.5. The fourth-order valence-corrected chi connectivity index (χ4v) is 10.0. The summed E-state index contributed by atoms with van der Waals surface area (Å²) in [6.45, 7) is 3.93. The van der Waals surface area contributed by atoms with Crippen LogP contribution in [0.2, 0.25) is 0 Å². The molecule has 0 bridgehead atoms. The zero-order chi connectivity index (χ0) is 61.9. The summed E-state index contributed by atoms with van der Waals surface area (Å²) in [5, 5.41) is 9.71. The summed E-state index contributed by atoms with van der Waals surface area (Å²) in [5.74, 6) is -0.587. The van der Waals surface area contributed by atoms with E-state index < -0.39 is 6.10 Å². The maximum atomic E-state index is 12.4. The van der Waals surface area contributed by atoms with Crippen LogP contribution in [-0.4, -0.2) is 36.4 Å². The van der Waals surface area contributed by atoms with Crippen molar-refractivity contribution in [2.24, 2.45) is 0 Å². The number of hydrogen-bond donors (Lipinski definition) is 1. The summed E-state index contributed by atoms with van der Waals surface area (Å²) in [6.07, 6.45) is 114. The number of esters is 2. The lowest BCUT2D eigenvalue weighted by Gasteiger charge is -2.15. The highest BCUT2D eigenvalue weighted by atomic mass is 16.6. The second-order valence-electron chi connectivity index (χ2n) is 23.6. The van der Waals surface area contributed by atoms with Gasteiger partial charge in [-0.3, -0.25) is 9.59 Å². The molecule has 0 saturated carbocycles. The summed E-state index contributed by atoms with van der Waals surface area (Å²) in [5.41, 5.74) is 0. The fourth-order valence-electron chi connectivity index (χ4n) is 10.0. The molecule has 1 atom stereocenters. The highest BCUT2D eigenvalue weighted by Crippen LogP contribution is 2.17. The molecule has 0 aromatic rings. The van der Waals surface area contributed by atoms with Crippen molar-refractivity contribution in [3.8, 4) is 0 Å². The van der Waals surface area contributed by atoms with Gasteiger partial charge in [-0.05, 0) is 122 Å². The van der Waals surface area contributed by atoms with Gasteiger partial charge in [0.1, 0.15) is 6.61 Å². The molecular weight excluding hydrogens is 1050 g/mol. The Bertz CT molecular complexity index is 1830. The summed E-state index contributed by atoms with van der Waals surface area (Å²) >= 11 is 0. The summed E-state index contributed by atoms with van der Waals surface area (Å²) in [6, 6.07) is 0. The van der Waals surface area contributed by atoms with Crippen LogP contribution in [0.4, 0.5) is 0 Å². The molecule has 1 N–H and O–H groups in total. The maximum absolute atomic E-state index is 12.4. The lowest BCUT2D eigenvalue weighted by Crippen LogP contribution is -2.28. The van der Waals surface area contributed by atoms with Crippen LogP contribution < -0.4 is 0 Å². The van der Waals surface area contributed by atoms with Crippen molar-refractivity contribution in [1.29, 1.82) is 0 Å². The zero-order valence-electron chi connectivity index (χ0n) is 56.0. The number of rotatable bonds is 65. The van der Waals surface area contributed by atoms with E-state index in [1.54, 1.807) is 0 Å². The second kappa shape index (κ2) is 74.8. The number of aliphatic hydroxyl groups is 1. The smallest absolute Gasteiger partial charge is 0.306 e. The Kier molecular flexibility index (Phi) is 70.9. The van der Waals surface area contributed by atoms with E-state index in [0.717, 1.165) is 122 Å². The van der Waals surface area contributed by atoms with E-state index in [-0.39, 0.29) is 25.2 Å². The van der Waals surface area contributed by atoms with Gasteiger partial charge in [0, 0.05) is 12.8 Å². The Morgan fingerprint density at radius 3 is 0.698 bits per heavy atom. The molecular formula is C81H134O5. The summed E-state index contributed by atoms with van der Waals surface area (Å²) in [7, 11) is 0. The summed E-state index contributed by atoms with van der Waals surface area (Å²) in [4.78, 5) is 24.7. The molecule has 488 valence electrons. The van der Waals surface area contributed by atoms with Crippen LogP contribution in [0.5, 0.6) is 0 Å². The van der Waals surface area contributed by atoms with Gasteiger partial charge in [-0.1, -0.05) is 345 Å². The first-order chi connectivity index (χ1) is 42.6. The minimum absolute atomic E-state index is 0.0706. The van der Waals surface area contributed by atoms with E-state index in [1.165, 1.54) is 173 Å². The Balaban J connectivity index is 3.49. The van der Waals surface area contributed by atoms with Crippen molar-refractivity contribution in [2.45, 2.75) is 328 Å². The van der Waals surface area contributed by atoms with Gasteiger partial charge < -0.3 is 14.6 Å². The first-order valence-electron chi connectivity index (χ1n) is 36.0. The monoisotopic (exact) mass is 1190 g/mol. The Hall–Kier alpha value is -4.48. The van der Waals surface area contributed by atoms with Crippen molar-refractivity contribution in [1.82, 2.24) is 0 Å². The number of hydrogen-bond acceptors (Lipinski definition) is 5. The summed E-state index contributed by atoms with van der Waals surface area (Å²) < 4.78 is 10.8. The predicted molar refractivity (Wildman–Crippen MR) is 380 cm³/mol. The van der Waals surface area contributed by atoms with E-state index in [0.29, 0.717) is 12.8 Å². The van der Waals surface area contributed by atoms with Crippen LogP contribution in [0, 0.1) is 0 Å². The normalized spacial score (nSPS) is 13.2. The molecule has 0 radical (unpaired) electrons.